The van der Waals surface area contributed by atoms with E-state index in [-0.39, 0.29) is 11.2 Å². The number of Topliss-reactive ketones (excluding diaryl/α,β-unsaturated/α-hetero) is 2. The highest BCUT2D eigenvalue weighted by Crippen LogP contribution is 2.46. The minimum Gasteiger partial charge on any atom is -0.300 e. The predicted octanol–water partition coefficient (Wildman–Crippen LogP) is 3.58. The van der Waals surface area contributed by atoms with Crippen LogP contribution in [0, 0.1) is 5.41 Å². The van der Waals surface area contributed by atoms with Crippen LogP contribution >= 0.6 is 0 Å². The van der Waals surface area contributed by atoms with Crippen molar-refractivity contribution >= 4 is 11.6 Å². The second kappa shape index (κ2) is 5.05. The molecule has 0 N–H and O–H groups in total. The van der Waals surface area contributed by atoms with Crippen molar-refractivity contribution < 1.29 is 9.59 Å². The van der Waals surface area contributed by atoms with E-state index in [0.29, 0.717) is 18.6 Å². The monoisotopic (exact) mass is 244 g/mol. The van der Waals surface area contributed by atoms with Crippen LogP contribution in [-0.4, -0.2) is 11.6 Å². The van der Waals surface area contributed by atoms with Crippen molar-refractivity contribution in [3.8, 4) is 0 Å². The molecule has 1 saturated carbocycles. The van der Waals surface area contributed by atoms with Gasteiger partial charge in [-0.3, -0.25) is 9.59 Å². The average Bonchev–Trinajstić information content (AvgIpc) is 2.70. The normalized spacial score (nSPS) is 20.3. The lowest BCUT2D eigenvalue weighted by atomic mass is 9.71. The van der Waals surface area contributed by atoms with Gasteiger partial charge in [0.1, 0.15) is 5.78 Å². The Morgan fingerprint density at radius 1 is 1.00 bits per heavy atom. The number of benzene rings is 1. The Balaban J connectivity index is 0.000000574. The molecule has 2 aliphatic carbocycles. The number of fused-ring (bicyclic) bond motifs is 1. The van der Waals surface area contributed by atoms with E-state index in [9.17, 15) is 9.59 Å². The molecule has 1 spiro atoms. The molecular weight excluding hydrogens is 224 g/mol. The van der Waals surface area contributed by atoms with Gasteiger partial charge in [0.25, 0.3) is 0 Å². The fourth-order valence-corrected chi connectivity index (χ4v) is 3.04. The summed E-state index contributed by atoms with van der Waals surface area (Å²) in [5, 5.41) is 0. The van der Waals surface area contributed by atoms with Gasteiger partial charge < -0.3 is 0 Å². The van der Waals surface area contributed by atoms with Crippen molar-refractivity contribution in [3.05, 3.63) is 35.4 Å². The maximum atomic E-state index is 12.4. The molecule has 2 heteroatoms. The summed E-state index contributed by atoms with van der Waals surface area (Å²) in [5.74, 6) is 0.588. The van der Waals surface area contributed by atoms with Crippen LogP contribution in [0.2, 0.25) is 0 Å². The highest BCUT2D eigenvalue weighted by atomic mass is 16.1. The zero-order chi connectivity index (χ0) is 13.2. The fraction of sp³-hybridized carbons (Fsp3) is 0.500. The van der Waals surface area contributed by atoms with Crippen LogP contribution < -0.4 is 0 Å². The van der Waals surface area contributed by atoms with Crippen molar-refractivity contribution in [2.24, 2.45) is 5.41 Å². The van der Waals surface area contributed by atoms with Gasteiger partial charge in [0, 0.05) is 23.8 Å². The van der Waals surface area contributed by atoms with Crippen LogP contribution in [0.4, 0.5) is 0 Å². The molecule has 1 aromatic carbocycles. The highest BCUT2D eigenvalue weighted by molar-refractivity contribution is 6.05. The lowest BCUT2D eigenvalue weighted by Gasteiger charge is -2.30. The van der Waals surface area contributed by atoms with Crippen molar-refractivity contribution in [2.75, 3.05) is 0 Å². The van der Waals surface area contributed by atoms with Crippen molar-refractivity contribution in [1.29, 1.82) is 0 Å². The molecule has 3 rings (SSSR count). The summed E-state index contributed by atoms with van der Waals surface area (Å²) in [6, 6.07) is 7.87. The maximum absolute atomic E-state index is 12.4. The van der Waals surface area contributed by atoms with E-state index in [1.807, 2.05) is 38.1 Å². The SMILES string of the molecule is CC.O=C1CCC2(CC1)Cc1ccccc1C2=O. The molecule has 0 saturated heterocycles. The van der Waals surface area contributed by atoms with Crippen molar-refractivity contribution in [2.45, 2.75) is 46.0 Å². The van der Waals surface area contributed by atoms with Crippen molar-refractivity contribution in [1.82, 2.24) is 0 Å². The number of carbonyl (C=O) groups excluding carboxylic acids is 2. The molecule has 0 aliphatic heterocycles. The first kappa shape index (κ1) is 13.0. The molecule has 0 atom stereocenters. The maximum Gasteiger partial charge on any atom is 0.169 e. The topological polar surface area (TPSA) is 34.1 Å². The summed E-state index contributed by atoms with van der Waals surface area (Å²) in [5.41, 5.74) is 1.82. The summed E-state index contributed by atoms with van der Waals surface area (Å²) in [6.45, 7) is 4.00. The molecule has 0 bridgehead atoms. The number of hydrogen-bond donors (Lipinski definition) is 0. The fourth-order valence-electron chi connectivity index (χ4n) is 3.04. The Morgan fingerprint density at radius 3 is 2.22 bits per heavy atom. The minimum atomic E-state index is -0.238. The molecule has 0 aromatic heterocycles. The summed E-state index contributed by atoms with van der Waals surface area (Å²) < 4.78 is 0. The molecule has 0 amide bonds. The second-order valence-electron chi connectivity index (χ2n) is 4.98. The van der Waals surface area contributed by atoms with Crippen LogP contribution in [0.3, 0.4) is 0 Å². The van der Waals surface area contributed by atoms with E-state index in [2.05, 4.69) is 0 Å². The minimum absolute atomic E-state index is 0.238. The van der Waals surface area contributed by atoms with Gasteiger partial charge in [-0.1, -0.05) is 38.1 Å². The Labute approximate surface area is 108 Å². The Kier molecular flexibility index (Phi) is 3.65. The molecule has 0 radical (unpaired) electrons. The van der Waals surface area contributed by atoms with E-state index in [4.69, 9.17) is 0 Å². The molecule has 96 valence electrons. The summed E-state index contributed by atoms with van der Waals surface area (Å²) in [4.78, 5) is 23.6. The molecule has 1 fully saturated rings. The lowest BCUT2D eigenvalue weighted by molar-refractivity contribution is -0.121. The summed E-state index contributed by atoms with van der Waals surface area (Å²) in [6.07, 6.45) is 3.51. The molecule has 1 aromatic rings. The summed E-state index contributed by atoms with van der Waals surface area (Å²) >= 11 is 0. The summed E-state index contributed by atoms with van der Waals surface area (Å²) in [7, 11) is 0. The van der Waals surface area contributed by atoms with Crippen LogP contribution in [0.1, 0.15) is 55.5 Å². The molecular formula is C16H20O2. The zero-order valence-corrected chi connectivity index (χ0v) is 11.2. The number of hydrogen-bond acceptors (Lipinski definition) is 2. The van der Waals surface area contributed by atoms with Crippen LogP contribution in [0.15, 0.2) is 24.3 Å². The predicted molar refractivity (Wildman–Crippen MR) is 71.7 cm³/mol. The van der Waals surface area contributed by atoms with Crippen LogP contribution in [0.25, 0.3) is 0 Å². The van der Waals surface area contributed by atoms with Crippen molar-refractivity contribution in [3.63, 3.8) is 0 Å². The third kappa shape index (κ3) is 2.00. The van der Waals surface area contributed by atoms with E-state index in [1.54, 1.807) is 0 Å². The van der Waals surface area contributed by atoms with Gasteiger partial charge in [-0.05, 0) is 24.8 Å². The lowest BCUT2D eigenvalue weighted by Crippen LogP contribution is -2.33. The van der Waals surface area contributed by atoms with E-state index >= 15 is 0 Å². The molecule has 0 heterocycles. The largest absolute Gasteiger partial charge is 0.300 e. The molecule has 0 unspecified atom stereocenters. The van der Waals surface area contributed by atoms with Gasteiger partial charge in [0.05, 0.1) is 0 Å². The standard InChI is InChI=1S/C14H14O2.C2H6/c15-11-5-7-14(8-6-11)9-10-3-1-2-4-12(10)13(14)16;1-2/h1-4H,5-9H2;1-2H3. The smallest absolute Gasteiger partial charge is 0.169 e. The third-order valence-corrected chi connectivity index (χ3v) is 4.04. The Morgan fingerprint density at radius 2 is 1.61 bits per heavy atom. The zero-order valence-electron chi connectivity index (χ0n) is 11.2. The van der Waals surface area contributed by atoms with Gasteiger partial charge >= 0.3 is 0 Å². The number of ketones is 2. The van der Waals surface area contributed by atoms with Gasteiger partial charge in [-0.25, -0.2) is 0 Å². The average molecular weight is 244 g/mol. The first-order valence-corrected chi connectivity index (χ1v) is 6.86. The quantitative estimate of drug-likeness (QED) is 0.699. The number of rotatable bonds is 0. The Hall–Kier alpha value is -1.44. The number of carbonyl (C=O) groups is 2. The van der Waals surface area contributed by atoms with E-state index in [1.165, 1.54) is 5.56 Å². The Bertz CT molecular complexity index is 464. The molecule has 2 aliphatic rings. The van der Waals surface area contributed by atoms with E-state index < -0.39 is 0 Å². The van der Waals surface area contributed by atoms with Gasteiger partial charge in [-0.15, -0.1) is 0 Å². The molecule has 2 nitrogen and oxygen atoms in total. The highest BCUT2D eigenvalue weighted by Gasteiger charge is 2.46. The van der Waals surface area contributed by atoms with Crippen LogP contribution in [-0.2, 0) is 11.2 Å². The second-order valence-corrected chi connectivity index (χ2v) is 4.98. The van der Waals surface area contributed by atoms with E-state index in [0.717, 1.165) is 24.8 Å². The first-order valence-electron chi connectivity index (χ1n) is 6.86. The van der Waals surface area contributed by atoms with Gasteiger partial charge in [0.2, 0.25) is 0 Å². The molecule has 18 heavy (non-hydrogen) atoms. The van der Waals surface area contributed by atoms with Gasteiger partial charge in [-0.2, -0.15) is 0 Å². The third-order valence-electron chi connectivity index (χ3n) is 4.04. The van der Waals surface area contributed by atoms with Gasteiger partial charge in [0.15, 0.2) is 5.78 Å². The van der Waals surface area contributed by atoms with Crippen LogP contribution in [0.5, 0.6) is 0 Å². The first-order chi connectivity index (χ1) is 8.71.